The molecule has 1 heterocycles. The normalized spacial score (nSPS) is 11.6. The second-order valence-electron chi connectivity index (χ2n) is 3.02. The van der Waals surface area contributed by atoms with Crippen LogP contribution in [0.2, 0.25) is 0 Å². The van der Waals surface area contributed by atoms with Crippen LogP contribution >= 0.6 is 27.3 Å². The van der Waals surface area contributed by atoms with Gasteiger partial charge in [0.05, 0.1) is 6.07 Å². The summed E-state index contributed by atoms with van der Waals surface area (Å²) in [5, 5.41) is 15.4. The van der Waals surface area contributed by atoms with Crippen molar-refractivity contribution in [1.82, 2.24) is 5.32 Å². The monoisotopic (exact) mass is 299 g/mol. The fourth-order valence-electron chi connectivity index (χ4n) is 1.14. The Labute approximate surface area is 106 Å². The molecular weight excluding hydrogens is 290 g/mol. The number of halogens is 1. The Balaban J connectivity index is 2.61. The molecule has 5 nitrogen and oxygen atoms in total. The van der Waals surface area contributed by atoms with E-state index in [1.807, 2.05) is 13.0 Å². The van der Waals surface area contributed by atoms with Crippen LogP contribution in [-0.2, 0) is 0 Å². The van der Waals surface area contributed by atoms with Gasteiger partial charge in [-0.05, 0) is 34.5 Å². The van der Waals surface area contributed by atoms with Crippen molar-refractivity contribution >= 4 is 27.3 Å². The van der Waals surface area contributed by atoms with E-state index in [0.29, 0.717) is 13.1 Å². The fraction of sp³-hybridized carbons (Fsp3) is 0.444. The third-order valence-electron chi connectivity index (χ3n) is 1.91. The summed E-state index contributed by atoms with van der Waals surface area (Å²) in [4.78, 5) is 4.76. The first-order valence-corrected chi connectivity index (χ1v) is 6.19. The van der Waals surface area contributed by atoms with Gasteiger partial charge in [0, 0.05) is 32.2 Å². The number of hydrogen-bond acceptors (Lipinski definition) is 4. The molecule has 0 bridgehead atoms. The minimum absolute atomic E-state index is 0.344. The second kappa shape index (κ2) is 6.51. The Hall–Kier alpha value is -1.06. The Morgan fingerprint density at radius 2 is 2.56 bits per heavy atom. The molecule has 1 atom stereocenters. The maximum Gasteiger partial charge on any atom is 0.130 e. The summed E-state index contributed by atoms with van der Waals surface area (Å²) in [5.41, 5.74) is 8.11. The summed E-state index contributed by atoms with van der Waals surface area (Å²) in [6.07, 6.45) is 0. The number of aryl methyl sites for hydroxylation is 1. The quantitative estimate of drug-likeness (QED) is 0.391. The lowest BCUT2D eigenvalue weighted by Gasteiger charge is -2.07. The van der Waals surface area contributed by atoms with Crippen LogP contribution in [-0.4, -0.2) is 13.1 Å². The number of nitrogens with zero attached hydrogens (tertiary/aromatic N) is 4. The largest absolute Gasteiger partial charge is 0.297 e. The van der Waals surface area contributed by atoms with Crippen molar-refractivity contribution in [2.75, 3.05) is 13.1 Å². The van der Waals surface area contributed by atoms with Gasteiger partial charge in [-0.25, -0.2) is 0 Å². The van der Waals surface area contributed by atoms with E-state index in [2.05, 4.69) is 37.3 Å². The molecule has 1 aromatic heterocycles. The van der Waals surface area contributed by atoms with Crippen molar-refractivity contribution in [3.8, 4) is 6.07 Å². The second-order valence-corrected chi connectivity index (χ2v) is 5.17. The highest BCUT2D eigenvalue weighted by Gasteiger charge is 2.13. The highest BCUT2D eigenvalue weighted by atomic mass is 79.9. The smallest absolute Gasteiger partial charge is 0.130 e. The first-order valence-electron chi connectivity index (χ1n) is 4.58. The third-order valence-corrected chi connectivity index (χ3v) is 4.11. The van der Waals surface area contributed by atoms with Crippen molar-refractivity contribution in [2.24, 2.45) is 5.11 Å². The molecule has 0 fully saturated rings. The van der Waals surface area contributed by atoms with Gasteiger partial charge in [-0.3, -0.25) is 5.32 Å². The molecule has 7 heteroatoms. The highest BCUT2D eigenvalue weighted by molar-refractivity contribution is 9.10. The third kappa shape index (κ3) is 3.51. The molecule has 1 aromatic rings. The van der Waals surface area contributed by atoms with Crippen LogP contribution < -0.4 is 5.32 Å². The molecule has 84 valence electrons. The maximum atomic E-state index is 9.01. The topological polar surface area (TPSA) is 84.6 Å². The van der Waals surface area contributed by atoms with E-state index in [9.17, 15) is 0 Å². The number of nitriles is 1. The lowest BCUT2D eigenvalue weighted by Crippen LogP contribution is -2.21. The van der Waals surface area contributed by atoms with E-state index >= 15 is 0 Å². The Morgan fingerprint density at radius 3 is 3.06 bits per heavy atom. The van der Waals surface area contributed by atoms with E-state index in [-0.39, 0.29) is 6.04 Å². The predicted octanol–water partition coefficient (Wildman–Crippen LogP) is 3.28. The van der Waals surface area contributed by atoms with Crippen LogP contribution in [0.3, 0.4) is 0 Å². The molecule has 0 amide bonds. The van der Waals surface area contributed by atoms with Gasteiger partial charge in [-0.2, -0.15) is 5.26 Å². The molecular formula is C9H10BrN5S. The van der Waals surface area contributed by atoms with Crippen molar-refractivity contribution in [3.63, 3.8) is 0 Å². The molecule has 0 saturated heterocycles. The molecule has 0 saturated carbocycles. The average molecular weight is 300 g/mol. The molecule has 0 aliphatic carbocycles. The zero-order valence-electron chi connectivity index (χ0n) is 8.64. The molecule has 0 radical (unpaired) electrons. The molecule has 1 rings (SSSR count). The minimum atomic E-state index is -0.344. The first-order chi connectivity index (χ1) is 7.69. The number of azide groups is 1. The lowest BCUT2D eigenvalue weighted by molar-refractivity contribution is 0.643. The van der Waals surface area contributed by atoms with Gasteiger partial charge in [0.1, 0.15) is 6.04 Å². The molecule has 0 aliphatic rings. The highest BCUT2D eigenvalue weighted by Crippen LogP contribution is 2.30. The Morgan fingerprint density at radius 1 is 1.81 bits per heavy atom. The standard InChI is InChI=1S/C9H10BrN5S/c1-6-7(10)4-9(16-6)8(5-11)13-2-3-14-15-12/h4,8,13H,2-3H2,1H3. The molecule has 0 aromatic carbocycles. The van der Waals surface area contributed by atoms with Crippen LogP contribution in [0.25, 0.3) is 10.4 Å². The maximum absolute atomic E-state index is 9.01. The lowest BCUT2D eigenvalue weighted by atomic mass is 10.2. The summed E-state index contributed by atoms with van der Waals surface area (Å²) >= 11 is 4.99. The summed E-state index contributed by atoms with van der Waals surface area (Å²) < 4.78 is 1.02. The molecule has 16 heavy (non-hydrogen) atoms. The Kier molecular flexibility index (Phi) is 5.29. The molecule has 0 aliphatic heterocycles. The van der Waals surface area contributed by atoms with E-state index in [1.54, 1.807) is 11.3 Å². The minimum Gasteiger partial charge on any atom is -0.297 e. The van der Waals surface area contributed by atoms with E-state index in [4.69, 9.17) is 10.8 Å². The van der Waals surface area contributed by atoms with Crippen molar-refractivity contribution in [2.45, 2.75) is 13.0 Å². The Bertz CT molecular complexity index is 424. The summed E-state index contributed by atoms with van der Waals surface area (Å²) in [6, 6.07) is 3.77. The zero-order chi connectivity index (χ0) is 12.0. The predicted molar refractivity (Wildman–Crippen MR) is 67.1 cm³/mol. The number of nitrogens with one attached hydrogen (secondary N) is 1. The SMILES string of the molecule is Cc1sc(C(C#N)NCCN=[N+]=[N-])cc1Br. The van der Waals surface area contributed by atoms with Crippen molar-refractivity contribution in [3.05, 3.63) is 30.7 Å². The van der Waals surface area contributed by atoms with E-state index < -0.39 is 0 Å². The van der Waals surface area contributed by atoms with Crippen LogP contribution in [0.15, 0.2) is 15.7 Å². The van der Waals surface area contributed by atoms with E-state index in [0.717, 1.165) is 14.2 Å². The van der Waals surface area contributed by atoms with Gasteiger partial charge < -0.3 is 0 Å². The number of hydrogen-bond donors (Lipinski definition) is 1. The number of thiophene rings is 1. The van der Waals surface area contributed by atoms with E-state index in [1.165, 1.54) is 0 Å². The van der Waals surface area contributed by atoms with Crippen LogP contribution in [0.4, 0.5) is 0 Å². The zero-order valence-corrected chi connectivity index (χ0v) is 11.0. The van der Waals surface area contributed by atoms with Gasteiger partial charge in [0.2, 0.25) is 0 Å². The first kappa shape index (κ1) is 13.0. The molecule has 1 N–H and O–H groups in total. The molecule has 1 unspecified atom stereocenters. The van der Waals surface area contributed by atoms with Crippen LogP contribution in [0.1, 0.15) is 15.8 Å². The average Bonchev–Trinajstić information content (AvgIpc) is 2.59. The van der Waals surface area contributed by atoms with Crippen molar-refractivity contribution < 1.29 is 0 Å². The fourth-order valence-corrected chi connectivity index (χ4v) is 2.72. The van der Waals surface area contributed by atoms with Gasteiger partial charge in [-0.1, -0.05) is 5.11 Å². The summed E-state index contributed by atoms with van der Waals surface area (Å²) in [6.45, 7) is 2.84. The van der Waals surface area contributed by atoms with Gasteiger partial charge in [0.25, 0.3) is 0 Å². The summed E-state index contributed by atoms with van der Waals surface area (Å²) in [7, 11) is 0. The van der Waals surface area contributed by atoms with Gasteiger partial charge >= 0.3 is 0 Å². The van der Waals surface area contributed by atoms with Gasteiger partial charge in [-0.15, -0.1) is 11.3 Å². The van der Waals surface area contributed by atoms with Crippen LogP contribution in [0, 0.1) is 18.3 Å². The summed E-state index contributed by atoms with van der Waals surface area (Å²) in [5.74, 6) is 0. The van der Waals surface area contributed by atoms with Crippen LogP contribution in [0.5, 0.6) is 0 Å². The van der Waals surface area contributed by atoms with Gasteiger partial charge in [0.15, 0.2) is 0 Å². The molecule has 0 spiro atoms. The van der Waals surface area contributed by atoms with Crippen molar-refractivity contribution in [1.29, 1.82) is 5.26 Å². The number of rotatable bonds is 5.